The molecule has 0 spiro atoms. The number of methoxy groups -OCH3 is 1. The van der Waals surface area contributed by atoms with Gasteiger partial charge >= 0.3 is 6.09 Å². The normalized spacial score (nSPS) is 13.1. The molecule has 0 radical (unpaired) electrons. The van der Waals surface area contributed by atoms with Crippen LogP contribution in [0, 0.1) is 17.5 Å². The SMILES string of the molecule is COc1cc(-c2cc(F)cc(F)c2)c(F)cc1-n1c2c(ccc1=O)CN(C(=O)O)CC2. The fraction of sp³-hybridized carbons (Fsp3) is 0.182. The molecule has 0 saturated carbocycles. The maximum Gasteiger partial charge on any atom is 0.407 e. The average molecular weight is 430 g/mol. The van der Waals surface area contributed by atoms with Crippen LogP contribution in [0.2, 0.25) is 0 Å². The number of nitrogens with zero attached hydrogens (tertiary/aromatic N) is 2. The molecule has 0 fully saturated rings. The van der Waals surface area contributed by atoms with E-state index in [-0.39, 0.29) is 42.1 Å². The Kier molecular flexibility index (Phi) is 5.18. The molecule has 2 heterocycles. The molecule has 160 valence electrons. The highest BCUT2D eigenvalue weighted by Gasteiger charge is 2.25. The number of benzene rings is 2. The molecular formula is C22H17F3N2O4. The second kappa shape index (κ2) is 7.82. The summed E-state index contributed by atoms with van der Waals surface area (Å²) >= 11 is 0. The molecule has 3 aromatic rings. The molecule has 6 nitrogen and oxygen atoms in total. The molecule has 0 bridgehead atoms. The third-order valence-electron chi connectivity index (χ3n) is 5.22. The molecule has 1 N–H and O–H groups in total. The highest BCUT2D eigenvalue weighted by atomic mass is 19.1. The minimum atomic E-state index is -1.07. The number of halogens is 3. The van der Waals surface area contributed by atoms with Crippen LogP contribution in [0.25, 0.3) is 16.8 Å². The molecule has 2 aromatic carbocycles. The molecule has 0 saturated heterocycles. The van der Waals surface area contributed by atoms with Crippen molar-refractivity contribution in [2.24, 2.45) is 0 Å². The van der Waals surface area contributed by atoms with Gasteiger partial charge in [0.2, 0.25) is 0 Å². The highest BCUT2D eigenvalue weighted by Crippen LogP contribution is 2.34. The van der Waals surface area contributed by atoms with Crippen molar-refractivity contribution in [2.45, 2.75) is 13.0 Å². The van der Waals surface area contributed by atoms with Gasteiger partial charge in [-0.2, -0.15) is 0 Å². The van der Waals surface area contributed by atoms with E-state index in [4.69, 9.17) is 4.74 Å². The molecule has 9 heteroatoms. The monoisotopic (exact) mass is 430 g/mol. The fourth-order valence-electron chi connectivity index (χ4n) is 3.80. The summed E-state index contributed by atoms with van der Waals surface area (Å²) in [7, 11) is 1.33. The first kappa shape index (κ1) is 20.5. The molecule has 0 unspecified atom stereocenters. The topological polar surface area (TPSA) is 71.8 Å². The Hall–Kier alpha value is -3.75. The van der Waals surface area contributed by atoms with Gasteiger partial charge in [-0.3, -0.25) is 9.36 Å². The second-order valence-corrected chi connectivity index (χ2v) is 7.10. The smallest absolute Gasteiger partial charge is 0.407 e. The van der Waals surface area contributed by atoms with Crippen LogP contribution in [-0.2, 0) is 13.0 Å². The van der Waals surface area contributed by atoms with E-state index >= 15 is 4.39 Å². The first-order valence-corrected chi connectivity index (χ1v) is 9.34. The van der Waals surface area contributed by atoms with Crippen molar-refractivity contribution in [1.29, 1.82) is 0 Å². The Morgan fingerprint density at radius 3 is 2.42 bits per heavy atom. The lowest BCUT2D eigenvalue weighted by molar-refractivity contribution is 0.139. The van der Waals surface area contributed by atoms with Gasteiger partial charge in [0.05, 0.1) is 19.3 Å². The number of aromatic nitrogens is 1. The van der Waals surface area contributed by atoms with Crippen LogP contribution in [0.15, 0.2) is 47.3 Å². The number of hydrogen-bond acceptors (Lipinski definition) is 3. The quantitative estimate of drug-likeness (QED) is 0.683. The van der Waals surface area contributed by atoms with Gasteiger partial charge in [-0.15, -0.1) is 0 Å². The van der Waals surface area contributed by atoms with Gasteiger partial charge < -0.3 is 14.7 Å². The Labute approximate surface area is 174 Å². The maximum atomic E-state index is 15.0. The molecule has 1 aliphatic heterocycles. The zero-order chi connectivity index (χ0) is 22.3. The van der Waals surface area contributed by atoms with Crippen LogP contribution in [0.4, 0.5) is 18.0 Å². The number of rotatable bonds is 3. The summed E-state index contributed by atoms with van der Waals surface area (Å²) < 4.78 is 48.9. The van der Waals surface area contributed by atoms with Gasteiger partial charge in [-0.1, -0.05) is 0 Å². The van der Waals surface area contributed by atoms with Crippen molar-refractivity contribution in [3.63, 3.8) is 0 Å². The Balaban J connectivity index is 1.88. The predicted molar refractivity (Wildman–Crippen MR) is 106 cm³/mol. The maximum absolute atomic E-state index is 15.0. The molecule has 1 aliphatic rings. The predicted octanol–water partition coefficient (Wildman–Crippen LogP) is 3.97. The van der Waals surface area contributed by atoms with Crippen molar-refractivity contribution in [1.82, 2.24) is 9.47 Å². The summed E-state index contributed by atoms with van der Waals surface area (Å²) in [6.45, 7) is 0.271. The zero-order valence-electron chi connectivity index (χ0n) is 16.4. The van der Waals surface area contributed by atoms with Crippen molar-refractivity contribution in [3.8, 4) is 22.6 Å². The number of hydrogen-bond donors (Lipinski definition) is 1. The lowest BCUT2D eigenvalue weighted by atomic mass is 10.0. The van der Waals surface area contributed by atoms with Crippen LogP contribution >= 0.6 is 0 Å². The average Bonchev–Trinajstić information content (AvgIpc) is 2.72. The van der Waals surface area contributed by atoms with Gasteiger partial charge in [0.25, 0.3) is 5.56 Å². The van der Waals surface area contributed by atoms with Gasteiger partial charge in [-0.25, -0.2) is 18.0 Å². The van der Waals surface area contributed by atoms with Gasteiger partial charge in [0.1, 0.15) is 23.2 Å². The molecule has 4 rings (SSSR count). The lowest BCUT2D eigenvalue weighted by Crippen LogP contribution is -2.38. The number of ether oxygens (including phenoxy) is 1. The van der Waals surface area contributed by atoms with E-state index in [0.717, 1.165) is 18.2 Å². The Morgan fingerprint density at radius 2 is 1.77 bits per heavy atom. The summed E-state index contributed by atoms with van der Waals surface area (Å²) in [5.41, 5.74) is 0.739. The second-order valence-electron chi connectivity index (χ2n) is 7.10. The van der Waals surface area contributed by atoms with Crippen LogP contribution in [0.1, 0.15) is 11.3 Å². The molecule has 1 aromatic heterocycles. The van der Waals surface area contributed by atoms with Crippen LogP contribution in [0.3, 0.4) is 0 Å². The van der Waals surface area contributed by atoms with Crippen molar-refractivity contribution in [3.05, 3.63) is 81.5 Å². The molecular weight excluding hydrogens is 413 g/mol. The summed E-state index contributed by atoms with van der Waals surface area (Å²) in [5.74, 6) is -2.38. The highest BCUT2D eigenvalue weighted by molar-refractivity contribution is 5.70. The van der Waals surface area contributed by atoms with E-state index in [1.807, 2.05) is 0 Å². The van der Waals surface area contributed by atoms with Crippen LogP contribution in [-0.4, -0.2) is 34.3 Å². The van der Waals surface area contributed by atoms with E-state index in [9.17, 15) is 23.5 Å². The molecule has 0 aliphatic carbocycles. The number of pyridine rings is 1. The third kappa shape index (κ3) is 3.74. The van der Waals surface area contributed by atoms with E-state index < -0.39 is 29.1 Å². The zero-order valence-corrected chi connectivity index (χ0v) is 16.4. The number of carbonyl (C=O) groups is 1. The van der Waals surface area contributed by atoms with E-state index in [1.165, 1.54) is 28.7 Å². The van der Waals surface area contributed by atoms with Crippen molar-refractivity contribution in [2.75, 3.05) is 13.7 Å². The fourth-order valence-corrected chi connectivity index (χ4v) is 3.80. The van der Waals surface area contributed by atoms with Crippen LogP contribution in [0.5, 0.6) is 5.75 Å². The number of carboxylic acid groups (broad SMARTS) is 1. The first-order chi connectivity index (χ1) is 14.8. The third-order valence-corrected chi connectivity index (χ3v) is 5.22. The number of fused-ring (bicyclic) bond motifs is 1. The van der Waals surface area contributed by atoms with Crippen LogP contribution < -0.4 is 10.3 Å². The summed E-state index contributed by atoms with van der Waals surface area (Å²) in [5, 5.41) is 9.24. The minimum absolute atomic E-state index is 0.0145. The van der Waals surface area contributed by atoms with E-state index in [1.54, 1.807) is 6.07 Å². The van der Waals surface area contributed by atoms with Crippen molar-refractivity contribution >= 4 is 6.09 Å². The van der Waals surface area contributed by atoms with Crippen molar-refractivity contribution < 1.29 is 27.8 Å². The molecule has 1 amide bonds. The van der Waals surface area contributed by atoms with Gasteiger partial charge in [-0.05, 0) is 35.4 Å². The van der Waals surface area contributed by atoms with E-state index in [0.29, 0.717) is 17.3 Å². The Bertz CT molecular complexity index is 1240. The Morgan fingerprint density at radius 1 is 1.06 bits per heavy atom. The largest absolute Gasteiger partial charge is 0.495 e. The summed E-state index contributed by atoms with van der Waals surface area (Å²) in [6, 6.07) is 7.85. The molecule has 31 heavy (non-hydrogen) atoms. The van der Waals surface area contributed by atoms with E-state index in [2.05, 4.69) is 0 Å². The standard InChI is InChI=1S/C22H17F3N2O4/c1-31-20-9-16(13-6-14(23)8-15(24)7-13)17(25)10-19(20)27-18-4-5-26(22(29)30)11-12(18)2-3-21(27)28/h2-3,6-10H,4-5,11H2,1H3,(H,29,30). The van der Waals surface area contributed by atoms with Gasteiger partial charge in [0.15, 0.2) is 0 Å². The lowest BCUT2D eigenvalue weighted by Gasteiger charge is -2.28. The minimum Gasteiger partial charge on any atom is -0.495 e. The summed E-state index contributed by atoms with van der Waals surface area (Å²) in [4.78, 5) is 25.2. The first-order valence-electron chi connectivity index (χ1n) is 9.34. The molecule has 0 atom stereocenters. The van der Waals surface area contributed by atoms with Gasteiger partial charge in [0, 0.05) is 42.4 Å². The number of amides is 1. The summed E-state index contributed by atoms with van der Waals surface area (Å²) in [6.07, 6.45) is -0.821.